The van der Waals surface area contributed by atoms with Crippen molar-refractivity contribution in [2.75, 3.05) is 37.7 Å². The van der Waals surface area contributed by atoms with Gasteiger partial charge in [0.25, 0.3) is 0 Å². The van der Waals surface area contributed by atoms with Crippen molar-refractivity contribution >= 4 is 11.9 Å². The Kier molecular flexibility index (Phi) is 5.70. The molecule has 2 saturated heterocycles. The smallest absolute Gasteiger partial charge is 0.410 e. The summed E-state index contributed by atoms with van der Waals surface area (Å²) >= 11 is 0. The molecule has 6 heteroatoms. The van der Waals surface area contributed by atoms with Gasteiger partial charge >= 0.3 is 6.09 Å². The number of piperidine rings is 1. The van der Waals surface area contributed by atoms with Crippen LogP contribution in [0.2, 0.25) is 0 Å². The first-order valence-corrected chi connectivity index (χ1v) is 9.64. The number of carbonyl (C=O) groups excluding carboxylic acids is 1. The van der Waals surface area contributed by atoms with E-state index in [0.29, 0.717) is 0 Å². The van der Waals surface area contributed by atoms with Crippen LogP contribution in [-0.2, 0) is 9.47 Å². The number of aryl methyl sites for hydroxylation is 1. The van der Waals surface area contributed by atoms with E-state index in [1.54, 1.807) is 0 Å². The summed E-state index contributed by atoms with van der Waals surface area (Å²) in [6.45, 7) is 11.8. The monoisotopic (exact) mass is 361 g/mol. The normalized spacial score (nSPS) is 21.6. The minimum Gasteiger partial charge on any atom is -0.444 e. The Bertz CT molecular complexity index is 636. The standard InChI is InChI=1S/C20H31N3O3/c1-15-13-16(14-21-18(15)22-9-11-25-12-10-22)17-7-5-6-8-23(17)19(24)26-20(2,3)4/h13-14,17H,5-12H2,1-4H3/t17-/m1/s1. The highest BCUT2D eigenvalue weighted by atomic mass is 16.6. The van der Waals surface area contributed by atoms with Gasteiger partial charge in [0.2, 0.25) is 0 Å². The Morgan fingerprint density at radius 3 is 2.62 bits per heavy atom. The van der Waals surface area contributed by atoms with Crippen molar-refractivity contribution in [3.63, 3.8) is 0 Å². The number of nitrogens with zero attached hydrogens (tertiary/aromatic N) is 3. The molecule has 0 saturated carbocycles. The number of pyridine rings is 1. The van der Waals surface area contributed by atoms with Gasteiger partial charge in [-0.25, -0.2) is 9.78 Å². The number of amides is 1. The van der Waals surface area contributed by atoms with Crippen LogP contribution in [0.3, 0.4) is 0 Å². The van der Waals surface area contributed by atoms with Crippen LogP contribution in [0.4, 0.5) is 10.6 Å². The highest BCUT2D eigenvalue weighted by molar-refractivity contribution is 5.69. The third-order valence-corrected chi connectivity index (χ3v) is 4.90. The molecule has 1 amide bonds. The molecule has 0 spiro atoms. The molecule has 2 aliphatic heterocycles. The average molecular weight is 361 g/mol. The lowest BCUT2D eigenvalue weighted by Gasteiger charge is -2.37. The van der Waals surface area contributed by atoms with Crippen molar-refractivity contribution in [1.29, 1.82) is 0 Å². The zero-order valence-electron chi connectivity index (χ0n) is 16.5. The molecule has 0 aromatic carbocycles. The number of morpholine rings is 1. The minimum atomic E-state index is -0.479. The fraction of sp³-hybridized carbons (Fsp3) is 0.700. The maximum Gasteiger partial charge on any atom is 0.410 e. The van der Waals surface area contributed by atoms with E-state index >= 15 is 0 Å². The molecule has 2 aliphatic rings. The second kappa shape index (κ2) is 7.82. The molecule has 144 valence electrons. The highest BCUT2D eigenvalue weighted by Crippen LogP contribution is 2.33. The van der Waals surface area contributed by atoms with Gasteiger partial charge < -0.3 is 19.3 Å². The molecular weight excluding hydrogens is 330 g/mol. The van der Waals surface area contributed by atoms with E-state index in [-0.39, 0.29) is 12.1 Å². The lowest BCUT2D eigenvalue weighted by atomic mass is 9.96. The van der Waals surface area contributed by atoms with Crippen molar-refractivity contribution in [3.05, 3.63) is 23.4 Å². The molecule has 1 aromatic rings. The fourth-order valence-corrected chi connectivity index (χ4v) is 3.69. The summed E-state index contributed by atoms with van der Waals surface area (Å²) in [5.41, 5.74) is 1.78. The topological polar surface area (TPSA) is 54.9 Å². The van der Waals surface area contributed by atoms with Gasteiger partial charge in [-0.15, -0.1) is 0 Å². The zero-order valence-corrected chi connectivity index (χ0v) is 16.5. The molecular formula is C20H31N3O3. The number of aromatic nitrogens is 1. The Labute approximate surface area is 156 Å². The zero-order chi connectivity index (χ0) is 18.7. The molecule has 0 bridgehead atoms. The molecule has 0 N–H and O–H groups in total. The van der Waals surface area contributed by atoms with E-state index in [4.69, 9.17) is 14.5 Å². The summed E-state index contributed by atoms with van der Waals surface area (Å²) in [5, 5.41) is 0. The molecule has 3 rings (SSSR count). The maximum atomic E-state index is 12.7. The number of hydrogen-bond donors (Lipinski definition) is 0. The van der Waals surface area contributed by atoms with E-state index in [1.165, 1.54) is 0 Å². The van der Waals surface area contributed by atoms with Gasteiger partial charge in [0.1, 0.15) is 11.4 Å². The van der Waals surface area contributed by atoms with E-state index in [2.05, 4.69) is 17.9 Å². The predicted molar refractivity (Wildman–Crippen MR) is 102 cm³/mol. The van der Waals surface area contributed by atoms with Crippen molar-refractivity contribution in [3.8, 4) is 0 Å². The maximum absolute atomic E-state index is 12.7. The number of rotatable bonds is 2. The molecule has 1 aromatic heterocycles. The predicted octanol–water partition coefficient (Wildman–Crippen LogP) is 3.69. The SMILES string of the molecule is Cc1cc([C@H]2CCCCN2C(=O)OC(C)(C)C)cnc1N1CCOCC1. The van der Waals surface area contributed by atoms with Crippen LogP contribution >= 0.6 is 0 Å². The van der Waals surface area contributed by atoms with Crippen LogP contribution in [0, 0.1) is 6.92 Å². The lowest BCUT2D eigenvalue weighted by molar-refractivity contribution is 0.00947. The molecule has 26 heavy (non-hydrogen) atoms. The quantitative estimate of drug-likeness (QED) is 0.804. The van der Waals surface area contributed by atoms with Crippen molar-refractivity contribution in [1.82, 2.24) is 9.88 Å². The highest BCUT2D eigenvalue weighted by Gasteiger charge is 2.32. The first kappa shape index (κ1) is 19.0. The average Bonchev–Trinajstić information content (AvgIpc) is 2.61. The number of likely N-dealkylation sites (tertiary alicyclic amines) is 1. The Morgan fingerprint density at radius 1 is 1.23 bits per heavy atom. The first-order valence-electron chi connectivity index (χ1n) is 9.64. The molecule has 0 aliphatic carbocycles. The number of anilines is 1. The molecule has 3 heterocycles. The van der Waals surface area contributed by atoms with E-state index in [9.17, 15) is 4.79 Å². The van der Waals surface area contributed by atoms with Gasteiger partial charge in [0, 0.05) is 25.8 Å². The van der Waals surface area contributed by atoms with Crippen LogP contribution in [-0.4, -0.2) is 54.4 Å². The van der Waals surface area contributed by atoms with Gasteiger partial charge in [-0.1, -0.05) is 0 Å². The van der Waals surface area contributed by atoms with Gasteiger partial charge in [-0.2, -0.15) is 0 Å². The first-order chi connectivity index (χ1) is 12.3. The second-order valence-electron chi connectivity index (χ2n) is 8.19. The summed E-state index contributed by atoms with van der Waals surface area (Å²) < 4.78 is 11.1. The summed E-state index contributed by atoms with van der Waals surface area (Å²) in [6.07, 6.45) is 4.81. The third-order valence-electron chi connectivity index (χ3n) is 4.90. The Balaban J connectivity index is 1.79. The van der Waals surface area contributed by atoms with Gasteiger partial charge in [-0.3, -0.25) is 0 Å². The van der Waals surface area contributed by atoms with E-state index in [1.807, 2.05) is 31.9 Å². The van der Waals surface area contributed by atoms with Gasteiger partial charge in [-0.05, 0) is 64.2 Å². The van der Waals surface area contributed by atoms with Crippen LogP contribution in [0.5, 0.6) is 0 Å². The van der Waals surface area contributed by atoms with Gasteiger partial charge in [0.15, 0.2) is 0 Å². The summed E-state index contributed by atoms with van der Waals surface area (Å²) in [7, 11) is 0. The summed E-state index contributed by atoms with van der Waals surface area (Å²) in [4.78, 5) is 21.5. The van der Waals surface area contributed by atoms with Crippen molar-refractivity contribution in [2.24, 2.45) is 0 Å². The van der Waals surface area contributed by atoms with Crippen LogP contribution < -0.4 is 4.90 Å². The van der Waals surface area contributed by atoms with Crippen LogP contribution in [0.1, 0.15) is 57.2 Å². The number of carbonyl (C=O) groups is 1. The number of hydrogen-bond acceptors (Lipinski definition) is 5. The molecule has 2 fully saturated rings. The Hall–Kier alpha value is -1.82. The third kappa shape index (κ3) is 4.47. The summed E-state index contributed by atoms with van der Waals surface area (Å²) in [6, 6.07) is 2.23. The molecule has 0 radical (unpaired) electrons. The summed E-state index contributed by atoms with van der Waals surface area (Å²) in [5.74, 6) is 1.02. The van der Waals surface area contributed by atoms with E-state index in [0.717, 1.165) is 69.1 Å². The Morgan fingerprint density at radius 2 is 1.96 bits per heavy atom. The lowest BCUT2D eigenvalue weighted by Crippen LogP contribution is -2.42. The van der Waals surface area contributed by atoms with Gasteiger partial charge in [0.05, 0.1) is 19.3 Å². The second-order valence-corrected chi connectivity index (χ2v) is 8.19. The van der Waals surface area contributed by atoms with E-state index < -0.39 is 5.60 Å². The largest absolute Gasteiger partial charge is 0.444 e. The van der Waals surface area contributed by atoms with Crippen molar-refractivity contribution < 1.29 is 14.3 Å². The molecule has 0 unspecified atom stereocenters. The fourth-order valence-electron chi connectivity index (χ4n) is 3.69. The van der Waals surface area contributed by atoms with Crippen molar-refractivity contribution in [2.45, 2.75) is 58.6 Å². The minimum absolute atomic E-state index is 0.0449. The van der Waals surface area contributed by atoms with Crippen LogP contribution in [0.15, 0.2) is 12.3 Å². The molecule has 6 nitrogen and oxygen atoms in total. The van der Waals surface area contributed by atoms with Crippen LogP contribution in [0.25, 0.3) is 0 Å². The number of ether oxygens (including phenoxy) is 2. The molecule has 1 atom stereocenters.